The van der Waals surface area contributed by atoms with Crippen molar-refractivity contribution in [1.29, 1.82) is 0 Å². The molecule has 1 N–H and O–H groups in total. The molecular weight excluding hydrogens is 450 g/mol. The van der Waals surface area contributed by atoms with Crippen LogP contribution >= 0.6 is 11.3 Å². The number of ether oxygens (including phenoxy) is 2. The first-order chi connectivity index (χ1) is 16.6. The zero-order chi connectivity index (χ0) is 23.5. The Morgan fingerprint density at radius 3 is 2.65 bits per heavy atom. The largest absolute Gasteiger partial charge is 0.493 e. The van der Waals surface area contributed by atoms with Crippen molar-refractivity contribution in [2.24, 2.45) is 0 Å². The first-order valence-electron chi connectivity index (χ1n) is 10.5. The number of thiophene rings is 1. The number of benzene rings is 2. The monoisotopic (exact) mass is 471 g/mol. The second-order valence-electron chi connectivity index (χ2n) is 7.48. The molecular formula is C25H21N5O3S. The SMILES string of the molecule is COc1ccc(CC(=O)Nc2cccc(-c3ccc4nnc(-c5cccs5)n4n3)c2)cc1OC. The molecule has 9 heteroatoms. The average molecular weight is 472 g/mol. The van der Waals surface area contributed by atoms with Crippen LogP contribution < -0.4 is 14.8 Å². The summed E-state index contributed by atoms with van der Waals surface area (Å²) in [6, 6.07) is 20.8. The maximum absolute atomic E-state index is 12.7. The van der Waals surface area contributed by atoms with E-state index < -0.39 is 0 Å². The molecule has 0 spiro atoms. The summed E-state index contributed by atoms with van der Waals surface area (Å²) in [4.78, 5) is 13.7. The lowest BCUT2D eigenvalue weighted by Crippen LogP contribution is -2.14. The summed E-state index contributed by atoms with van der Waals surface area (Å²) in [7, 11) is 3.15. The Morgan fingerprint density at radius 2 is 1.85 bits per heavy atom. The van der Waals surface area contributed by atoms with Crippen LogP contribution in [-0.2, 0) is 11.2 Å². The summed E-state index contributed by atoms with van der Waals surface area (Å²) in [6.45, 7) is 0. The van der Waals surface area contributed by atoms with Crippen LogP contribution in [-0.4, -0.2) is 39.9 Å². The molecule has 0 saturated heterocycles. The van der Waals surface area contributed by atoms with Crippen LogP contribution in [0.2, 0.25) is 0 Å². The lowest BCUT2D eigenvalue weighted by atomic mass is 10.1. The van der Waals surface area contributed by atoms with Crippen molar-refractivity contribution in [2.45, 2.75) is 6.42 Å². The highest BCUT2D eigenvalue weighted by atomic mass is 32.1. The quantitative estimate of drug-likeness (QED) is 0.369. The molecule has 0 aliphatic rings. The van der Waals surface area contributed by atoms with Gasteiger partial charge in [-0.1, -0.05) is 24.3 Å². The maximum atomic E-state index is 12.7. The summed E-state index contributed by atoms with van der Waals surface area (Å²) in [5.74, 6) is 1.78. The number of amides is 1. The lowest BCUT2D eigenvalue weighted by Gasteiger charge is -2.10. The van der Waals surface area contributed by atoms with E-state index in [0.717, 1.165) is 21.7 Å². The van der Waals surface area contributed by atoms with Crippen molar-refractivity contribution in [1.82, 2.24) is 19.8 Å². The van der Waals surface area contributed by atoms with Crippen LogP contribution in [0.15, 0.2) is 72.1 Å². The fourth-order valence-corrected chi connectivity index (χ4v) is 4.33. The number of methoxy groups -OCH3 is 2. The van der Waals surface area contributed by atoms with Gasteiger partial charge < -0.3 is 14.8 Å². The summed E-state index contributed by atoms with van der Waals surface area (Å²) in [5.41, 5.74) is 3.81. The number of nitrogens with zero attached hydrogens (tertiary/aromatic N) is 4. The van der Waals surface area contributed by atoms with Crippen molar-refractivity contribution >= 4 is 28.6 Å². The molecule has 5 rings (SSSR count). The molecule has 170 valence electrons. The fraction of sp³-hybridized carbons (Fsp3) is 0.120. The van der Waals surface area contributed by atoms with E-state index in [1.54, 1.807) is 42.2 Å². The first kappa shape index (κ1) is 21.6. The lowest BCUT2D eigenvalue weighted by molar-refractivity contribution is -0.115. The molecule has 1 amide bonds. The van der Waals surface area contributed by atoms with Crippen molar-refractivity contribution in [3.8, 4) is 33.5 Å². The standard InChI is InChI=1S/C25H21N5O3S/c1-32-20-10-8-16(13-21(20)33-2)14-24(31)26-18-6-3-5-17(15-18)19-9-11-23-27-28-25(30(23)29-19)22-7-4-12-34-22/h3-13,15H,14H2,1-2H3,(H,26,31). The highest BCUT2D eigenvalue weighted by Gasteiger charge is 2.13. The van der Waals surface area contributed by atoms with Crippen LogP contribution in [0.5, 0.6) is 11.5 Å². The summed E-state index contributed by atoms with van der Waals surface area (Å²) in [5, 5.41) is 18.2. The van der Waals surface area contributed by atoms with Crippen molar-refractivity contribution in [3.05, 3.63) is 77.7 Å². The minimum atomic E-state index is -0.133. The Bertz CT molecular complexity index is 1460. The van der Waals surface area contributed by atoms with Gasteiger partial charge in [-0.3, -0.25) is 4.79 Å². The number of anilines is 1. The van der Waals surface area contributed by atoms with E-state index in [4.69, 9.17) is 14.6 Å². The second kappa shape index (κ2) is 9.32. The van der Waals surface area contributed by atoms with Gasteiger partial charge in [-0.05, 0) is 53.4 Å². The summed E-state index contributed by atoms with van der Waals surface area (Å²) < 4.78 is 12.3. The van der Waals surface area contributed by atoms with Gasteiger partial charge in [-0.25, -0.2) is 0 Å². The number of fused-ring (bicyclic) bond motifs is 1. The second-order valence-corrected chi connectivity index (χ2v) is 8.43. The van der Waals surface area contributed by atoms with E-state index in [1.807, 2.05) is 60.0 Å². The molecule has 3 aromatic heterocycles. The highest BCUT2D eigenvalue weighted by Crippen LogP contribution is 2.28. The topological polar surface area (TPSA) is 90.6 Å². The van der Waals surface area contributed by atoms with Gasteiger partial charge >= 0.3 is 0 Å². The fourth-order valence-electron chi connectivity index (χ4n) is 3.64. The third kappa shape index (κ3) is 4.33. The van der Waals surface area contributed by atoms with Gasteiger partial charge in [-0.15, -0.1) is 21.5 Å². The Balaban J connectivity index is 1.36. The average Bonchev–Trinajstić information content (AvgIpc) is 3.53. The van der Waals surface area contributed by atoms with Gasteiger partial charge in [-0.2, -0.15) is 9.61 Å². The number of nitrogens with one attached hydrogen (secondary N) is 1. The minimum absolute atomic E-state index is 0.133. The van der Waals surface area contributed by atoms with Gasteiger partial charge in [0.1, 0.15) is 0 Å². The Hall–Kier alpha value is -4.24. The summed E-state index contributed by atoms with van der Waals surface area (Å²) in [6.07, 6.45) is 0.208. The first-order valence-corrected chi connectivity index (χ1v) is 11.4. The number of aromatic nitrogens is 4. The molecule has 34 heavy (non-hydrogen) atoms. The van der Waals surface area contributed by atoms with E-state index in [1.165, 1.54) is 0 Å². The third-order valence-electron chi connectivity index (χ3n) is 5.26. The highest BCUT2D eigenvalue weighted by molar-refractivity contribution is 7.13. The molecule has 0 aliphatic carbocycles. The predicted octanol–water partition coefficient (Wildman–Crippen LogP) is 4.72. The van der Waals surface area contributed by atoms with Crippen LogP contribution in [0.4, 0.5) is 5.69 Å². The van der Waals surface area contributed by atoms with Crippen LogP contribution in [0.1, 0.15) is 5.56 Å². The normalized spacial score (nSPS) is 10.9. The van der Waals surface area contributed by atoms with Crippen molar-refractivity contribution < 1.29 is 14.3 Å². The molecule has 2 aromatic carbocycles. The van der Waals surface area contributed by atoms with Gasteiger partial charge in [0.05, 0.1) is 31.2 Å². The number of hydrogen-bond acceptors (Lipinski definition) is 7. The number of rotatable bonds is 7. The Morgan fingerprint density at radius 1 is 0.971 bits per heavy atom. The maximum Gasteiger partial charge on any atom is 0.228 e. The van der Waals surface area contributed by atoms with Crippen LogP contribution in [0, 0.1) is 0 Å². The summed E-state index contributed by atoms with van der Waals surface area (Å²) >= 11 is 1.59. The zero-order valence-corrected chi connectivity index (χ0v) is 19.4. The molecule has 0 bridgehead atoms. The van der Waals surface area contributed by atoms with Crippen molar-refractivity contribution in [2.75, 3.05) is 19.5 Å². The van der Waals surface area contributed by atoms with E-state index in [2.05, 4.69) is 15.5 Å². The van der Waals surface area contributed by atoms with Gasteiger partial charge in [0.25, 0.3) is 0 Å². The van der Waals surface area contributed by atoms with Gasteiger partial charge in [0, 0.05) is 11.3 Å². The van der Waals surface area contributed by atoms with E-state index in [-0.39, 0.29) is 12.3 Å². The number of carbonyl (C=O) groups is 1. The minimum Gasteiger partial charge on any atom is -0.493 e. The predicted molar refractivity (Wildman–Crippen MR) is 131 cm³/mol. The Labute approximate surface area is 199 Å². The van der Waals surface area contributed by atoms with Crippen LogP contribution in [0.3, 0.4) is 0 Å². The molecule has 0 radical (unpaired) electrons. The van der Waals surface area contributed by atoms with E-state index in [0.29, 0.717) is 28.7 Å². The number of carbonyl (C=O) groups excluding carboxylic acids is 1. The van der Waals surface area contributed by atoms with Crippen LogP contribution in [0.25, 0.3) is 27.6 Å². The van der Waals surface area contributed by atoms with Crippen molar-refractivity contribution in [3.63, 3.8) is 0 Å². The van der Waals surface area contributed by atoms with Gasteiger partial charge in [0.2, 0.25) is 5.91 Å². The smallest absolute Gasteiger partial charge is 0.228 e. The van der Waals surface area contributed by atoms with Gasteiger partial charge in [0.15, 0.2) is 23.0 Å². The molecule has 0 atom stereocenters. The molecule has 0 unspecified atom stereocenters. The molecule has 5 aromatic rings. The molecule has 3 heterocycles. The molecule has 0 aliphatic heterocycles. The number of hydrogen-bond donors (Lipinski definition) is 1. The molecule has 0 saturated carbocycles. The third-order valence-corrected chi connectivity index (χ3v) is 6.12. The zero-order valence-electron chi connectivity index (χ0n) is 18.6. The molecule has 0 fully saturated rings. The van der Waals surface area contributed by atoms with E-state index in [9.17, 15) is 4.79 Å². The molecule has 8 nitrogen and oxygen atoms in total. The Kier molecular flexibility index (Phi) is 5.92. The van der Waals surface area contributed by atoms with E-state index >= 15 is 0 Å².